The van der Waals surface area contributed by atoms with Crippen LogP contribution < -0.4 is 5.32 Å². The maximum absolute atomic E-state index is 12.2. The van der Waals surface area contributed by atoms with Gasteiger partial charge in [0.25, 0.3) is 0 Å². The number of amides is 1. The van der Waals surface area contributed by atoms with Crippen LogP contribution >= 0.6 is 11.8 Å². The summed E-state index contributed by atoms with van der Waals surface area (Å²) >= 11 is 1.66. The van der Waals surface area contributed by atoms with Crippen LogP contribution in [0.3, 0.4) is 0 Å². The fourth-order valence-electron chi connectivity index (χ4n) is 2.87. The van der Waals surface area contributed by atoms with Crippen molar-refractivity contribution in [2.24, 2.45) is 0 Å². The Kier molecular flexibility index (Phi) is 6.50. The summed E-state index contributed by atoms with van der Waals surface area (Å²) in [6.07, 6.45) is 0. The molecule has 1 atom stereocenters. The Bertz CT molecular complexity index is 724. The maximum Gasteiger partial charge on any atom is 0.230 e. The van der Waals surface area contributed by atoms with Gasteiger partial charge in [-0.15, -0.1) is 11.8 Å². The summed E-state index contributed by atoms with van der Waals surface area (Å²) in [6.45, 7) is 10.5. The highest BCUT2D eigenvalue weighted by Gasteiger charge is 2.13. The molecule has 0 bridgehead atoms. The second-order valence-electron chi connectivity index (χ2n) is 6.56. The van der Waals surface area contributed by atoms with Crippen molar-refractivity contribution >= 4 is 17.7 Å². The van der Waals surface area contributed by atoms with Crippen LogP contribution in [0.5, 0.6) is 0 Å². The minimum absolute atomic E-state index is 0.0383. The van der Waals surface area contributed by atoms with Gasteiger partial charge in [0.05, 0.1) is 11.8 Å². The molecule has 2 nitrogen and oxygen atoms in total. The number of aryl methyl sites for hydroxylation is 4. The van der Waals surface area contributed by atoms with Crippen molar-refractivity contribution in [2.75, 3.05) is 5.75 Å². The van der Waals surface area contributed by atoms with Gasteiger partial charge in [-0.2, -0.15) is 0 Å². The molecule has 128 valence electrons. The lowest BCUT2D eigenvalue weighted by atomic mass is 9.96. The Morgan fingerprint density at radius 2 is 1.75 bits per heavy atom. The van der Waals surface area contributed by atoms with Gasteiger partial charge in [0, 0.05) is 5.75 Å². The van der Waals surface area contributed by atoms with Gasteiger partial charge >= 0.3 is 0 Å². The third-order valence-electron chi connectivity index (χ3n) is 4.31. The summed E-state index contributed by atoms with van der Waals surface area (Å²) < 4.78 is 0. The lowest BCUT2D eigenvalue weighted by molar-refractivity contribution is -0.119. The van der Waals surface area contributed by atoms with Crippen LogP contribution in [0, 0.1) is 27.7 Å². The summed E-state index contributed by atoms with van der Waals surface area (Å²) in [4.78, 5) is 12.2. The average molecular weight is 342 g/mol. The lowest BCUT2D eigenvalue weighted by Gasteiger charge is -2.18. The molecule has 0 heterocycles. The Morgan fingerprint density at radius 1 is 1.04 bits per heavy atom. The molecule has 0 unspecified atom stereocenters. The van der Waals surface area contributed by atoms with Gasteiger partial charge in [0.1, 0.15) is 0 Å². The van der Waals surface area contributed by atoms with Gasteiger partial charge in [-0.25, -0.2) is 0 Å². The van der Waals surface area contributed by atoms with Crippen LogP contribution in [0.25, 0.3) is 0 Å². The van der Waals surface area contributed by atoms with E-state index in [-0.39, 0.29) is 11.9 Å². The predicted molar refractivity (Wildman–Crippen MR) is 105 cm³/mol. The summed E-state index contributed by atoms with van der Waals surface area (Å²) in [7, 11) is 0. The molecule has 2 rings (SSSR count). The van der Waals surface area contributed by atoms with E-state index in [1.54, 1.807) is 11.8 Å². The van der Waals surface area contributed by atoms with Crippen molar-refractivity contribution in [2.45, 2.75) is 46.4 Å². The van der Waals surface area contributed by atoms with Gasteiger partial charge in [-0.3, -0.25) is 4.79 Å². The number of thioether (sulfide) groups is 1. The molecule has 0 spiro atoms. The minimum Gasteiger partial charge on any atom is -0.349 e. The molecule has 0 saturated carbocycles. The van der Waals surface area contributed by atoms with Crippen molar-refractivity contribution in [1.82, 2.24) is 5.32 Å². The Morgan fingerprint density at radius 3 is 2.46 bits per heavy atom. The van der Waals surface area contributed by atoms with E-state index in [2.05, 4.69) is 76.3 Å². The minimum atomic E-state index is 0.0383. The molecule has 2 aromatic carbocycles. The zero-order valence-electron chi connectivity index (χ0n) is 15.3. The molecule has 1 N–H and O–H groups in total. The van der Waals surface area contributed by atoms with E-state index in [0.29, 0.717) is 5.75 Å². The van der Waals surface area contributed by atoms with Crippen LogP contribution in [0.4, 0.5) is 0 Å². The largest absolute Gasteiger partial charge is 0.349 e. The third kappa shape index (κ3) is 5.13. The number of hydrogen-bond acceptors (Lipinski definition) is 2. The lowest BCUT2D eigenvalue weighted by Crippen LogP contribution is -2.28. The van der Waals surface area contributed by atoms with E-state index in [1.807, 2.05) is 0 Å². The Balaban J connectivity index is 1.87. The molecule has 0 aliphatic heterocycles. The molecule has 0 aromatic heterocycles. The zero-order valence-corrected chi connectivity index (χ0v) is 16.1. The number of nitrogens with one attached hydrogen (secondary N) is 1. The van der Waals surface area contributed by atoms with Crippen LogP contribution in [-0.2, 0) is 10.5 Å². The number of rotatable bonds is 6. The monoisotopic (exact) mass is 341 g/mol. The van der Waals surface area contributed by atoms with Crippen LogP contribution in [-0.4, -0.2) is 11.7 Å². The summed E-state index contributed by atoms with van der Waals surface area (Å²) in [5, 5.41) is 3.12. The van der Waals surface area contributed by atoms with Gasteiger partial charge in [0.15, 0.2) is 0 Å². The molecule has 0 aliphatic carbocycles. The van der Waals surface area contributed by atoms with Crippen molar-refractivity contribution in [3.63, 3.8) is 0 Å². The molecule has 0 radical (unpaired) electrons. The van der Waals surface area contributed by atoms with Gasteiger partial charge in [0.2, 0.25) is 5.91 Å². The van der Waals surface area contributed by atoms with Crippen LogP contribution in [0.2, 0.25) is 0 Å². The second kappa shape index (κ2) is 8.39. The normalized spacial score (nSPS) is 12.0. The first-order valence-corrected chi connectivity index (χ1v) is 9.52. The van der Waals surface area contributed by atoms with Crippen molar-refractivity contribution in [3.8, 4) is 0 Å². The average Bonchev–Trinajstić information content (AvgIpc) is 2.50. The first-order valence-electron chi connectivity index (χ1n) is 8.37. The predicted octanol–water partition coefficient (Wildman–Crippen LogP) is 5.03. The zero-order chi connectivity index (χ0) is 17.7. The summed E-state index contributed by atoms with van der Waals surface area (Å²) in [6, 6.07) is 12.9. The summed E-state index contributed by atoms with van der Waals surface area (Å²) in [5.41, 5.74) is 7.53. The van der Waals surface area contributed by atoms with Crippen molar-refractivity contribution in [1.29, 1.82) is 0 Å². The summed E-state index contributed by atoms with van der Waals surface area (Å²) in [5.74, 6) is 1.45. The molecular formula is C21H27NOS. The number of benzene rings is 2. The molecular weight excluding hydrogens is 314 g/mol. The van der Waals surface area contributed by atoms with Crippen molar-refractivity contribution in [3.05, 3.63) is 69.8 Å². The number of carbonyl (C=O) groups is 1. The third-order valence-corrected chi connectivity index (χ3v) is 5.31. The van der Waals surface area contributed by atoms with Gasteiger partial charge in [-0.1, -0.05) is 42.0 Å². The van der Waals surface area contributed by atoms with Gasteiger partial charge in [-0.05, 0) is 62.4 Å². The first kappa shape index (κ1) is 18.6. The molecule has 0 saturated heterocycles. The number of carbonyl (C=O) groups excluding carboxylic acids is 1. The van der Waals surface area contributed by atoms with Gasteiger partial charge < -0.3 is 5.32 Å². The fourth-order valence-corrected chi connectivity index (χ4v) is 3.66. The molecule has 1 amide bonds. The molecule has 0 fully saturated rings. The van der Waals surface area contributed by atoms with E-state index in [9.17, 15) is 4.79 Å². The highest BCUT2D eigenvalue weighted by molar-refractivity contribution is 7.99. The smallest absolute Gasteiger partial charge is 0.230 e. The van der Waals surface area contributed by atoms with E-state index < -0.39 is 0 Å². The topological polar surface area (TPSA) is 29.1 Å². The SMILES string of the molecule is Cc1cccc(CSCC(=O)N[C@H](C)c2cc(C)c(C)cc2C)c1. The van der Waals surface area contributed by atoms with E-state index in [0.717, 1.165) is 5.75 Å². The van der Waals surface area contributed by atoms with Crippen LogP contribution in [0.15, 0.2) is 36.4 Å². The molecule has 2 aromatic rings. The molecule has 3 heteroatoms. The van der Waals surface area contributed by atoms with Crippen molar-refractivity contribution < 1.29 is 4.79 Å². The molecule has 0 aliphatic rings. The quantitative estimate of drug-likeness (QED) is 0.798. The first-order chi connectivity index (χ1) is 11.4. The fraction of sp³-hybridized carbons (Fsp3) is 0.381. The number of hydrogen-bond donors (Lipinski definition) is 1. The van der Waals surface area contributed by atoms with Crippen LogP contribution in [0.1, 0.15) is 46.3 Å². The van der Waals surface area contributed by atoms with E-state index in [4.69, 9.17) is 0 Å². The highest BCUT2D eigenvalue weighted by atomic mass is 32.2. The standard InChI is InChI=1S/C21H27NOS/c1-14-7-6-8-19(9-14)12-24-13-21(23)22-18(5)20-11-16(3)15(2)10-17(20)4/h6-11,18H,12-13H2,1-5H3,(H,22,23)/t18-/m1/s1. The van der Waals surface area contributed by atoms with E-state index in [1.165, 1.54) is 33.4 Å². The highest BCUT2D eigenvalue weighted by Crippen LogP contribution is 2.22. The molecule has 24 heavy (non-hydrogen) atoms. The second-order valence-corrected chi connectivity index (χ2v) is 7.55. The Hall–Kier alpha value is -1.74. The Labute approximate surface area is 150 Å². The maximum atomic E-state index is 12.2. The van der Waals surface area contributed by atoms with E-state index >= 15 is 0 Å².